The van der Waals surface area contributed by atoms with Gasteiger partial charge in [-0.15, -0.1) is 0 Å². The van der Waals surface area contributed by atoms with Crippen molar-refractivity contribution in [1.82, 2.24) is 15.1 Å². The number of rotatable bonds is 5. The summed E-state index contributed by atoms with van der Waals surface area (Å²) in [5, 5.41) is 3.38. The number of carbonyl (C=O) groups excluding carboxylic acids is 1. The van der Waals surface area contributed by atoms with Crippen LogP contribution in [-0.2, 0) is 6.54 Å². The van der Waals surface area contributed by atoms with Crippen LogP contribution in [0.3, 0.4) is 0 Å². The molecule has 1 aromatic carbocycles. The number of fused-ring (bicyclic) bond motifs is 1. The van der Waals surface area contributed by atoms with Crippen molar-refractivity contribution in [3.8, 4) is 0 Å². The van der Waals surface area contributed by atoms with Crippen molar-refractivity contribution in [3.63, 3.8) is 0 Å². The molecule has 4 heteroatoms. The van der Waals surface area contributed by atoms with E-state index >= 15 is 0 Å². The lowest BCUT2D eigenvalue weighted by Crippen LogP contribution is -2.52. The van der Waals surface area contributed by atoms with Crippen LogP contribution < -0.4 is 5.32 Å². The summed E-state index contributed by atoms with van der Waals surface area (Å²) in [5.41, 5.74) is 1.22. The Kier molecular flexibility index (Phi) is 4.98. The Morgan fingerprint density at radius 2 is 2.00 bits per heavy atom. The largest absolute Gasteiger partial charge is 0.335 e. The number of amides is 2. The first-order chi connectivity index (χ1) is 12.2. The Bertz CT molecular complexity index is 586. The van der Waals surface area contributed by atoms with E-state index in [1.165, 1.54) is 37.8 Å². The topological polar surface area (TPSA) is 35.6 Å². The zero-order chi connectivity index (χ0) is 17.2. The summed E-state index contributed by atoms with van der Waals surface area (Å²) in [4.78, 5) is 17.8. The highest BCUT2D eigenvalue weighted by Gasteiger charge is 2.36. The lowest BCUT2D eigenvalue weighted by Gasteiger charge is -2.37. The van der Waals surface area contributed by atoms with Crippen LogP contribution in [-0.4, -0.2) is 47.0 Å². The van der Waals surface area contributed by atoms with E-state index in [2.05, 4.69) is 46.3 Å². The molecule has 1 aromatic rings. The van der Waals surface area contributed by atoms with Crippen LogP contribution in [0.15, 0.2) is 30.3 Å². The van der Waals surface area contributed by atoms with Gasteiger partial charge in [0.05, 0.1) is 0 Å². The summed E-state index contributed by atoms with van der Waals surface area (Å²) in [6.07, 6.45) is 7.38. The average Bonchev–Trinajstić information content (AvgIpc) is 3.38. The highest BCUT2D eigenvalue weighted by atomic mass is 16.2. The van der Waals surface area contributed by atoms with E-state index in [9.17, 15) is 4.79 Å². The predicted octanol–water partition coefficient (Wildman–Crippen LogP) is 3.62. The molecule has 2 saturated heterocycles. The molecule has 2 heterocycles. The fourth-order valence-electron chi connectivity index (χ4n) is 4.63. The zero-order valence-electron chi connectivity index (χ0n) is 15.4. The quantitative estimate of drug-likeness (QED) is 0.888. The van der Waals surface area contributed by atoms with Crippen LogP contribution in [0.4, 0.5) is 4.79 Å². The van der Waals surface area contributed by atoms with Crippen LogP contribution in [0.5, 0.6) is 0 Å². The van der Waals surface area contributed by atoms with Crippen molar-refractivity contribution in [3.05, 3.63) is 35.9 Å². The van der Waals surface area contributed by atoms with Gasteiger partial charge in [-0.05, 0) is 63.5 Å². The van der Waals surface area contributed by atoms with E-state index in [0.29, 0.717) is 30.6 Å². The Hall–Kier alpha value is -1.55. The molecule has 136 valence electrons. The summed E-state index contributed by atoms with van der Waals surface area (Å²) < 4.78 is 0. The SMILES string of the molecule is C[C@H](C1CC1)N(Cc1ccccc1)C(=O)N[C@@H]1CCN2CCC[C@@H]2C1. The standard InChI is InChI=1S/C21H31N3O/c1-16(18-9-10-18)24(15-17-6-3-2-4-7-17)21(25)22-19-11-13-23-12-5-8-20(23)14-19/h2-4,6-7,16,18-20H,5,8-15H2,1H3,(H,22,25)/t16-,19-,20-/m1/s1. The first-order valence-electron chi connectivity index (χ1n) is 10.1. The van der Waals surface area contributed by atoms with E-state index in [-0.39, 0.29) is 6.03 Å². The number of benzene rings is 1. The molecule has 0 spiro atoms. The Labute approximate surface area is 151 Å². The molecular formula is C21H31N3O. The van der Waals surface area contributed by atoms with Gasteiger partial charge in [0.2, 0.25) is 0 Å². The minimum Gasteiger partial charge on any atom is -0.335 e. The average molecular weight is 341 g/mol. The highest BCUT2D eigenvalue weighted by molar-refractivity contribution is 5.75. The van der Waals surface area contributed by atoms with Crippen LogP contribution in [0.25, 0.3) is 0 Å². The van der Waals surface area contributed by atoms with E-state index in [0.717, 1.165) is 19.4 Å². The van der Waals surface area contributed by atoms with E-state index < -0.39 is 0 Å². The van der Waals surface area contributed by atoms with Gasteiger partial charge in [0.25, 0.3) is 0 Å². The van der Waals surface area contributed by atoms with Crippen LogP contribution in [0, 0.1) is 5.92 Å². The first kappa shape index (κ1) is 16.9. The van der Waals surface area contributed by atoms with Gasteiger partial charge in [-0.25, -0.2) is 4.79 Å². The molecule has 0 radical (unpaired) electrons. The summed E-state index contributed by atoms with van der Waals surface area (Å²) in [6.45, 7) is 5.34. The molecule has 2 aliphatic heterocycles. The lowest BCUT2D eigenvalue weighted by atomic mass is 9.98. The van der Waals surface area contributed by atoms with Gasteiger partial charge in [0.15, 0.2) is 0 Å². The molecule has 3 fully saturated rings. The van der Waals surface area contributed by atoms with Gasteiger partial charge in [-0.2, -0.15) is 0 Å². The molecule has 1 saturated carbocycles. The molecule has 2 amide bonds. The molecule has 0 aromatic heterocycles. The fourth-order valence-corrected chi connectivity index (χ4v) is 4.63. The van der Waals surface area contributed by atoms with Crippen LogP contribution in [0.2, 0.25) is 0 Å². The van der Waals surface area contributed by atoms with Gasteiger partial charge >= 0.3 is 6.03 Å². The second-order valence-corrected chi connectivity index (χ2v) is 8.19. The number of hydrogen-bond acceptors (Lipinski definition) is 2. The number of hydrogen-bond donors (Lipinski definition) is 1. The summed E-state index contributed by atoms with van der Waals surface area (Å²) in [5.74, 6) is 0.686. The summed E-state index contributed by atoms with van der Waals surface area (Å²) in [7, 11) is 0. The van der Waals surface area contributed by atoms with E-state index in [4.69, 9.17) is 0 Å². The second-order valence-electron chi connectivity index (χ2n) is 8.19. The molecule has 25 heavy (non-hydrogen) atoms. The zero-order valence-corrected chi connectivity index (χ0v) is 15.4. The Morgan fingerprint density at radius 1 is 1.20 bits per heavy atom. The number of nitrogens with zero attached hydrogens (tertiary/aromatic N) is 2. The molecule has 4 nitrogen and oxygen atoms in total. The van der Waals surface area contributed by atoms with Crippen molar-refractivity contribution in [1.29, 1.82) is 0 Å². The maximum absolute atomic E-state index is 13.1. The van der Waals surface area contributed by atoms with Gasteiger partial charge in [-0.1, -0.05) is 30.3 Å². The number of urea groups is 1. The van der Waals surface area contributed by atoms with Crippen molar-refractivity contribution in [2.45, 2.75) is 70.1 Å². The van der Waals surface area contributed by atoms with Crippen LogP contribution in [0.1, 0.15) is 51.0 Å². The molecule has 0 unspecified atom stereocenters. The van der Waals surface area contributed by atoms with Crippen molar-refractivity contribution < 1.29 is 4.79 Å². The monoisotopic (exact) mass is 341 g/mol. The van der Waals surface area contributed by atoms with E-state index in [1.54, 1.807) is 0 Å². The third-order valence-electron chi connectivity index (χ3n) is 6.40. The third kappa shape index (κ3) is 4.00. The maximum atomic E-state index is 13.1. The lowest BCUT2D eigenvalue weighted by molar-refractivity contribution is 0.141. The van der Waals surface area contributed by atoms with Crippen molar-refractivity contribution in [2.24, 2.45) is 5.92 Å². The first-order valence-corrected chi connectivity index (χ1v) is 10.1. The van der Waals surface area contributed by atoms with Crippen LogP contribution >= 0.6 is 0 Å². The predicted molar refractivity (Wildman–Crippen MR) is 100 cm³/mol. The minimum atomic E-state index is 0.139. The number of carbonyl (C=O) groups is 1. The number of piperidine rings is 1. The third-order valence-corrected chi connectivity index (χ3v) is 6.40. The minimum absolute atomic E-state index is 0.139. The smallest absolute Gasteiger partial charge is 0.318 e. The molecule has 3 atom stereocenters. The van der Waals surface area contributed by atoms with Gasteiger partial charge in [-0.3, -0.25) is 0 Å². The van der Waals surface area contributed by atoms with E-state index in [1.807, 2.05) is 6.07 Å². The van der Waals surface area contributed by atoms with Crippen molar-refractivity contribution >= 4 is 6.03 Å². The Morgan fingerprint density at radius 3 is 2.76 bits per heavy atom. The molecule has 4 rings (SSSR count). The summed E-state index contributed by atoms with van der Waals surface area (Å²) in [6, 6.07) is 11.9. The summed E-state index contributed by atoms with van der Waals surface area (Å²) >= 11 is 0. The molecular weight excluding hydrogens is 310 g/mol. The molecule has 3 aliphatic rings. The van der Waals surface area contributed by atoms with Crippen molar-refractivity contribution in [2.75, 3.05) is 13.1 Å². The normalized spacial score (nSPS) is 27.6. The molecule has 1 aliphatic carbocycles. The van der Waals surface area contributed by atoms with Gasteiger partial charge in [0.1, 0.15) is 0 Å². The second kappa shape index (κ2) is 7.36. The highest BCUT2D eigenvalue weighted by Crippen LogP contribution is 2.36. The molecule has 1 N–H and O–H groups in total. The maximum Gasteiger partial charge on any atom is 0.318 e. The van der Waals surface area contributed by atoms with Gasteiger partial charge in [0, 0.05) is 31.2 Å². The molecule has 0 bridgehead atoms. The fraction of sp³-hybridized carbons (Fsp3) is 0.667. The Balaban J connectivity index is 1.40. The number of nitrogens with one attached hydrogen (secondary N) is 1. The van der Waals surface area contributed by atoms with Gasteiger partial charge < -0.3 is 15.1 Å².